The van der Waals surface area contributed by atoms with Gasteiger partial charge in [-0.2, -0.15) is 0 Å². The molecule has 0 aliphatic rings. The minimum absolute atomic E-state index is 0.206. The first-order valence-corrected chi connectivity index (χ1v) is 10.6. The Labute approximate surface area is 148 Å². The molecule has 2 atom stereocenters. The van der Waals surface area contributed by atoms with Crippen molar-refractivity contribution in [1.82, 2.24) is 10.2 Å². The number of ether oxygens (including phenoxy) is 2. The Morgan fingerprint density at radius 1 is 0.920 bits per heavy atom. The summed E-state index contributed by atoms with van der Waals surface area (Å²) in [5.41, 5.74) is 0. The highest BCUT2D eigenvalue weighted by atomic mass is 31.2. The summed E-state index contributed by atoms with van der Waals surface area (Å²) in [6.07, 6.45) is 3.05. The molecular weight excluding hydrogens is 351 g/mol. The van der Waals surface area contributed by atoms with E-state index in [4.69, 9.17) is 9.47 Å². The van der Waals surface area contributed by atoms with Gasteiger partial charge in [0.15, 0.2) is 0 Å². The van der Waals surface area contributed by atoms with Gasteiger partial charge in [-0.1, -0.05) is 26.7 Å². The fourth-order valence-electron chi connectivity index (χ4n) is 1.80. The largest absolute Gasteiger partial charge is 0.464 e. The molecule has 0 aliphatic carbocycles. The van der Waals surface area contributed by atoms with Crippen molar-refractivity contribution in [3.63, 3.8) is 0 Å². The molecule has 0 aliphatic heterocycles. The van der Waals surface area contributed by atoms with E-state index in [0.29, 0.717) is 12.8 Å². The first-order valence-electron chi connectivity index (χ1n) is 8.49. The summed E-state index contributed by atoms with van der Waals surface area (Å²) < 4.78 is 22.5. The minimum Gasteiger partial charge on any atom is -0.464 e. The maximum absolute atomic E-state index is 12.6. The van der Waals surface area contributed by atoms with Gasteiger partial charge >= 0.3 is 11.9 Å². The Morgan fingerprint density at radius 2 is 1.28 bits per heavy atom. The zero-order valence-electron chi connectivity index (χ0n) is 15.2. The Bertz CT molecular complexity index is 412. The number of carbonyl (C=O) groups excluding carboxylic acids is 2. The van der Waals surface area contributed by atoms with Crippen LogP contribution in [0, 0.1) is 0 Å². The average molecular weight is 382 g/mol. The first kappa shape index (κ1) is 24.0. The van der Waals surface area contributed by atoms with Crippen LogP contribution in [0.15, 0.2) is 0 Å². The van der Waals surface area contributed by atoms with Gasteiger partial charge in [-0.25, -0.2) is 10.2 Å². The molecule has 9 nitrogen and oxygen atoms in total. The van der Waals surface area contributed by atoms with Crippen molar-refractivity contribution in [3.05, 3.63) is 0 Å². The van der Waals surface area contributed by atoms with Crippen molar-refractivity contribution in [1.29, 1.82) is 0 Å². The quantitative estimate of drug-likeness (QED) is 0.191. The summed E-state index contributed by atoms with van der Waals surface area (Å²) in [5.74, 6) is -1.46. The standard InChI is InChI=1S/C15H31N2O7P/c1-4-6-8-23-14(20)12(10-18)16-25(3,22)17-13(11-19)15(21)24-9-7-5-2/h12-13,18-19H,4-11H2,1-3H3,(H2,16,17,22). The van der Waals surface area contributed by atoms with E-state index in [2.05, 4.69) is 10.2 Å². The van der Waals surface area contributed by atoms with Gasteiger partial charge in [0.2, 0.25) is 7.44 Å². The zero-order valence-corrected chi connectivity index (χ0v) is 16.1. The van der Waals surface area contributed by atoms with E-state index in [0.717, 1.165) is 12.8 Å². The molecule has 0 spiro atoms. The lowest BCUT2D eigenvalue weighted by Gasteiger charge is -2.25. The number of esters is 2. The van der Waals surface area contributed by atoms with Gasteiger partial charge in [0.1, 0.15) is 12.1 Å². The van der Waals surface area contributed by atoms with E-state index in [1.54, 1.807) is 0 Å². The molecule has 0 saturated carbocycles. The Hall–Kier alpha value is -0.990. The van der Waals surface area contributed by atoms with Crippen LogP contribution in [0.4, 0.5) is 0 Å². The number of unbranched alkanes of at least 4 members (excludes halogenated alkanes) is 2. The van der Waals surface area contributed by atoms with Crippen LogP contribution in [0.5, 0.6) is 0 Å². The molecule has 25 heavy (non-hydrogen) atoms. The third-order valence-electron chi connectivity index (χ3n) is 3.22. The monoisotopic (exact) mass is 382 g/mol. The van der Waals surface area contributed by atoms with E-state index in [1.807, 2.05) is 13.8 Å². The maximum atomic E-state index is 12.6. The molecule has 0 aromatic rings. The van der Waals surface area contributed by atoms with Gasteiger partial charge < -0.3 is 19.7 Å². The lowest BCUT2D eigenvalue weighted by molar-refractivity contribution is -0.147. The van der Waals surface area contributed by atoms with E-state index < -0.39 is 44.7 Å². The topological polar surface area (TPSA) is 134 Å². The highest BCUT2D eigenvalue weighted by molar-refractivity contribution is 7.59. The summed E-state index contributed by atoms with van der Waals surface area (Å²) in [7, 11) is -3.45. The van der Waals surface area contributed by atoms with Crippen LogP contribution in [0.1, 0.15) is 39.5 Å². The molecule has 0 fully saturated rings. The maximum Gasteiger partial charge on any atom is 0.325 e. The summed E-state index contributed by atoms with van der Waals surface area (Å²) in [4.78, 5) is 23.7. The lowest BCUT2D eigenvalue weighted by Crippen LogP contribution is -2.46. The molecule has 0 aromatic carbocycles. The van der Waals surface area contributed by atoms with Crippen LogP contribution in [0.2, 0.25) is 0 Å². The van der Waals surface area contributed by atoms with Gasteiger partial charge in [-0.15, -0.1) is 0 Å². The predicted octanol–water partition coefficient (Wildman–Crippen LogP) is 0.397. The third kappa shape index (κ3) is 10.6. The van der Waals surface area contributed by atoms with Gasteiger partial charge in [-0.3, -0.25) is 14.2 Å². The van der Waals surface area contributed by atoms with Crippen molar-refractivity contribution >= 4 is 19.4 Å². The Kier molecular flexibility index (Phi) is 12.7. The SMILES string of the molecule is CCCCOC(=O)C(CO)NP(C)(=O)NC(CO)C(=O)OCCCC. The van der Waals surface area contributed by atoms with Crippen molar-refractivity contribution in [2.75, 3.05) is 33.1 Å². The van der Waals surface area contributed by atoms with Crippen LogP contribution < -0.4 is 10.2 Å². The second-order valence-electron chi connectivity index (χ2n) is 5.69. The van der Waals surface area contributed by atoms with Crippen molar-refractivity contribution in [2.45, 2.75) is 51.6 Å². The molecule has 148 valence electrons. The lowest BCUT2D eigenvalue weighted by atomic mass is 10.3. The molecular formula is C15H31N2O7P. The van der Waals surface area contributed by atoms with Gasteiger partial charge in [-0.05, 0) is 12.8 Å². The fourth-order valence-corrected chi connectivity index (χ4v) is 3.44. The molecule has 0 heterocycles. The number of nitrogens with one attached hydrogen (secondary N) is 2. The van der Waals surface area contributed by atoms with E-state index in [1.165, 1.54) is 6.66 Å². The molecule has 0 saturated heterocycles. The van der Waals surface area contributed by atoms with Gasteiger partial charge in [0, 0.05) is 6.66 Å². The van der Waals surface area contributed by atoms with Crippen LogP contribution in [-0.2, 0) is 23.6 Å². The molecule has 0 rings (SSSR count). The molecule has 0 aromatic heterocycles. The van der Waals surface area contributed by atoms with Crippen molar-refractivity contribution < 1.29 is 33.8 Å². The second-order valence-corrected chi connectivity index (χ2v) is 8.06. The Balaban J connectivity index is 4.66. The summed E-state index contributed by atoms with van der Waals surface area (Å²) in [6, 6.07) is -2.40. The van der Waals surface area contributed by atoms with Gasteiger partial charge in [0.25, 0.3) is 0 Å². The van der Waals surface area contributed by atoms with Crippen LogP contribution in [-0.4, -0.2) is 67.3 Å². The van der Waals surface area contributed by atoms with Crippen molar-refractivity contribution in [2.24, 2.45) is 0 Å². The fraction of sp³-hybridized carbons (Fsp3) is 0.867. The average Bonchev–Trinajstić information content (AvgIpc) is 2.57. The van der Waals surface area contributed by atoms with E-state index >= 15 is 0 Å². The molecule has 4 N–H and O–H groups in total. The number of carbonyl (C=O) groups is 2. The van der Waals surface area contributed by atoms with E-state index in [9.17, 15) is 24.4 Å². The number of aliphatic hydroxyl groups excluding tert-OH is 2. The highest BCUT2D eigenvalue weighted by Gasteiger charge is 2.31. The zero-order chi connectivity index (χ0) is 19.3. The predicted molar refractivity (Wildman–Crippen MR) is 93.3 cm³/mol. The number of hydrogen-bond donors (Lipinski definition) is 4. The molecule has 2 unspecified atom stereocenters. The highest BCUT2D eigenvalue weighted by Crippen LogP contribution is 2.32. The number of rotatable bonds is 14. The molecule has 0 radical (unpaired) electrons. The van der Waals surface area contributed by atoms with Crippen molar-refractivity contribution in [3.8, 4) is 0 Å². The molecule has 0 bridgehead atoms. The third-order valence-corrected chi connectivity index (χ3v) is 4.83. The second kappa shape index (κ2) is 13.2. The summed E-state index contributed by atoms with van der Waals surface area (Å²) in [5, 5.41) is 23.5. The van der Waals surface area contributed by atoms with Crippen LogP contribution in [0.25, 0.3) is 0 Å². The minimum atomic E-state index is -3.45. The Morgan fingerprint density at radius 3 is 1.56 bits per heavy atom. The summed E-state index contributed by atoms with van der Waals surface area (Å²) in [6.45, 7) is 4.31. The number of aliphatic hydroxyl groups is 2. The molecule has 0 amide bonds. The normalized spacial score (nSPS) is 15.9. The van der Waals surface area contributed by atoms with Crippen LogP contribution >= 0.6 is 7.44 Å². The number of hydrogen-bond acceptors (Lipinski definition) is 7. The molecule has 10 heteroatoms. The van der Waals surface area contributed by atoms with E-state index in [-0.39, 0.29) is 13.2 Å². The van der Waals surface area contributed by atoms with Gasteiger partial charge in [0.05, 0.1) is 26.4 Å². The smallest absolute Gasteiger partial charge is 0.325 e. The first-order chi connectivity index (χ1) is 11.8. The summed E-state index contributed by atoms with van der Waals surface area (Å²) >= 11 is 0. The van der Waals surface area contributed by atoms with Crippen LogP contribution in [0.3, 0.4) is 0 Å².